The van der Waals surface area contributed by atoms with Gasteiger partial charge in [0, 0.05) is 25.6 Å². The molecule has 0 radical (unpaired) electrons. The number of nitrogens with zero attached hydrogens (tertiary/aromatic N) is 1. The highest BCUT2D eigenvalue weighted by atomic mass is 32.2. The first-order chi connectivity index (χ1) is 8.98. The topological polar surface area (TPSA) is 66.5 Å². The van der Waals surface area contributed by atoms with E-state index in [1.54, 1.807) is 4.90 Å². The zero-order valence-electron chi connectivity index (χ0n) is 11.6. The summed E-state index contributed by atoms with van der Waals surface area (Å²) in [6.45, 7) is 4.11. The van der Waals surface area contributed by atoms with Gasteiger partial charge in [-0.3, -0.25) is 4.79 Å². The van der Waals surface area contributed by atoms with E-state index in [2.05, 4.69) is 12.2 Å². The van der Waals surface area contributed by atoms with Gasteiger partial charge in [0.2, 0.25) is 5.91 Å². The summed E-state index contributed by atoms with van der Waals surface area (Å²) in [4.78, 5) is 14.0. The first kappa shape index (κ1) is 14.8. The molecule has 2 unspecified atom stereocenters. The van der Waals surface area contributed by atoms with Crippen molar-refractivity contribution in [2.45, 2.75) is 38.6 Å². The van der Waals surface area contributed by atoms with Crippen LogP contribution in [0.15, 0.2) is 0 Å². The second-order valence-electron chi connectivity index (χ2n) is 5.77. The summed E-state index contributed by atoms with van der Waals surface area (Å²) in [5.41, 5.74) is 0. The fourth-order valence-electron chi connectivity index (χ4n) is 2.89. The molecule has 2 aliphatic rings. The Labute approximate surface area is 115 Å². The largest absolute Gasteiger partial charge is 0.342 e. The van der Waals surface area contributed by atoms with Gasteiger partial charge in [0.1, 0.15) is 0 Å². The van der Waals surface area contributed by atoms with E-state index in [-0.39, 0.29) is 23.5 Å². The highest BCUT2D eigenvalue weighted by molar-refractivity contribution is 7.91. The number of sulfone groups is 1. The first-order valence-electron chi connectivity index (χ1n) is 7.19. The van der Waals surface area contributed by atoms with E-state index in [9.17, 15) is 13.2 Å². The molecule has 2 aliphatic heterocycles. The van der Waals surface area contributed by atoms with Crippen LogP contribution in [0.3, 0.4) is 0 Å². The Balaban J connectivity index is 1.89. The van der Waals surface area contributed by atoms with Gasteiger partial charge in [-0.25, -0.2) is 8.42 Å². The highest BCUT2D eigenvalue weighted by Crippen LogP contribution is 2.19. The summed E-state index contributed by atoms with van der Waals surface area (Å²) in [5, 5.41) is 3.40. The van der Waals surface area contributed by atoms with E-state index in [1.165, 1.54) is 12.8 Å². The standard InChI is InChI=1S/C13H24N2O3S/c1-11-4-2-5-14-12(11)10-13(16)15-6-3-8-19(17,18)9-7-15/h11-12,14H,2-10H2,1H3. The molecule has 1 amide bonds. The maximum Gasteiger partial charge on any atom is 0.224 e. The third-order valence-electron chi connectivity index (χ3n) is 4.23. The van der Waals surface area contributed by atoms with Crippen LogP contribution in [0.1, 0.15) is 32.6 Å². The van der Waals surface area contributed by atoms with Gasteiger partial charge in [0.05, 0.1) is 11.5 Å². The van der Waals surface area contributed by atoms with Crippen LogP contribution in [-0.2, 0) is 14.6 Å². The molecule has 0 aromatic rings. The Morgan fingerprint density at radius 3 is 2.79 bits per heavy atom. The Bertz CT molecular complexity index is 422. The zero-order valence-corrected chi connectivity index (χ0v) is 12.4. The predicted octanol–water partition coefficient (Wildman–Crippen LogP) is 0.412. The molecule has 0 bridgehead atoms. The molecule has 0 spiro atoms. The lowest BCUT2D eigenvalue weighted by Gasteiger charge is -2.31. The fraction of sp³-hybridized carbons (Fsp3) is 0.923. The van der Waals surface area contributed by atoms with Crippen LogP contribution in [0, 0.1) is 5.92 Å². The number of carbonyl (C=O) groups excluding carboxylic acids is 1. The summed E-state index contributed by atoms with van der Waals surface area (Å²) in [5.74, 6) is 0.957. The Hall–Kier alpha value is -0.620. The number of hydrogen-bond acceptors (Lipinski definition) is 4. The summed E-state index contributed by atoms with van der Waals surface area (Å²) < 4.78 is 23.1. The van der Waals surface area contributed by atoms with Gasteiger partial charge in [0.15, 0.2) is 9.84 Å². The number of amides is 1. The molecule has 2 saturated heterocycles. The van der Waals surface area contributed by atoms with E-state index in [0.717, 1.165) is 6.54 Å². The molecular formula is C13H24N2O3S. The first-order valence-corrected chi connectivity index (χ1v) is 9.02. The van der Waals surface area contributed by atoms with Crippen molar-refractivity contribution < 1.29 is 13.2 Å². The second kappa shape index (κ2) is 6.22. The molecule has 110 valence electrons. The molecule has 0 aromatic heterocycles. The minimum atomic E-state index is -2.94. The molecule has 2 rings (SSSR count). The lowest BCUT2D eigenvalue weighted by molar-refractivity contribution is -0.131. The van der Waals surface area contributed by atoms with Gasteiger partial charge >= 0.3 is 0 Å². The maximum absolute atomic E-state index is 12.3. The number of nitrogens with one attached hydrogen (secondary N) is 1. The van der Waals surface area contributed by atoms with Crippen molar-refractivity contribution in [3.05, 3.63) is 0 Å². The van der Waals surface area contributed by atoms with Gasteiger partial charge in [-0.2, -0.15) is 0 Å². The van der Waals surface area contributed by atoms with Gasteiger partial charge < -0.3 is 10.2 Å². The van der Waals surface area contributed by atoms with Crippen molar-refractivity contribution in [2.24, 2.45) is 5.92 Å². The minimum Gasteiger partial charge on any atom is -0.342 e. The van der Waals surface area contributed by atoms with E-state index in [0.29, 0.717) is 31.8 Å². The van der Waals surface area contributed by atoms with Crippen LogP contribution in [0.2, 0.25) is 0 Å². The lowest BCUT2D eigenvalue weighted by Crippen LogP contribution is -2.45. The van der Waals surface area contributed by atoms with Gasteiger partial charge in [-0.15, -0.1) is 0 Å². The van der Waals surface area contributed by atoms with Crippen molar-refractivity contribution >= 4 is 15.7 Å². The third kappa shape index (κ3) is 4.18. The van der Waals surface area contributed by atoms with E-state index < -0.39 is 9.84 Å². The Morgan fingerprint density at radius 2 is 2.05 bits per heavy atom. The fourth-order valence-corrected chi connectivity index (χ4v) is 4.16. The molecule has 2 fully saturated rings. The number of rotatable bonds is 2. The van der Waals surface area contributed by atoms with E-state index in [1.807, 2.05) is 0 Å². The highest BCUT2D eigenvalue weighted by Gasteiger charge is 2.27. The normalized spacial score (nSPS) is 31.7. The van der Waals surface area contributed by atoms with Crippen molar-refractivity contribution in [1.29, 1.82) is 0 Å². The van der Waals surface area contributed by atoms with E-state index >= 15 is 0 Å². The summed E-state index contributed by atoms with van der Waals surface area (Å²) in [6, 6.07) is 0.251. The van der Waals surface area contributed by atoms with Crippen LogP contribution < -0.4 is 5.32 Å². The van der Waals surface area contributed by atoms with Crippen molar-refractivity contribution in [3.63, 3.8) is 0 Å². The van der Waals surface area contributed by atoms with Crippen molar-refractivity contribution in [2.75, 3.05) is 31.1 Å². The molecule has 5 nitrogen and oxygen atoms in total. The van der Waals surface area contributed by atoms with Crippen LogP contribution in [-0.4, -0.2) is 56.4 Å². The smallest absolute Gasteiger partial charge is 0.224 e. The zero-order chi connectivity index (χ0) is 13.9. The molecule has 2 heterocycles. The lowest BCUT2D eigenvalue weighted by atomic mass is 9.90. The average Bonchev–Trinajstić information content (AvgIpc) is 2.53. The molecule has 0 aliphatic carbocycles. The molecule has 19 heavy (non-hydrogen) atoms. The van der Waals surface area contributed by atoms with Crippen molar-refractivity contribution in [3.8, 4) is 0 Å². The predicted molar refractivity (Wildman–Crippen MR) is 74.7 cm³/mol. The Morgan fingerprint density at radius 1 is 1.26 bits per heavy atom. The number of piperidine rings is 1. The van der Waals surface area contributed by atoms with Gasteiger partial charge in [0.25, 0.3) is 0 Å². The van der Waals surface area contributed by atoms with Crippen LogP contribution in [0.5, 0.6) is 0 Å². The van der Waals surface area contributed by atoms with Gasteiger partial charge in [-0.1, -0.05) is 6.92 Å². The molecule has 0 saturated carbocycles. The summed E-state index contributed by atoms with van der Waals surface area (Å²) >= 11 is 0. The number of carbonyl (C=O) groups is 1. The SMILES string of the molecule is CC1CCCNC1CC(=O)N1CCCS(=O)(=O)CC1. The van der Waals surface area contributed by atoms with Crippen LogP contribution in [0.25, 0.3) is 0 Å². The van der Waals surface area contributed by atoms with Crippen LogP contribution >= 0.6 is 0 Å². The molecule has 6 heteroatoms. The molecule has 2 atom stereocenters. The quantitative estimate of drug-likeness (QED) is 0.799. The molecular weight excluding hydrogens is 264 g/mol. The average molecular weight is 288 g/mol. The molecule has 1 N–H and O–H groups in total. The van der Waals surface area contributed by atoms with E-state index in [4.69, 9.17) is 0 Å². The molecule has 0 aromatic carbocycles. The second-order valence-corrected chi connectivity index (χ2v) is 8.07. The summed E-state index contributed by atoms with van der Waals surface area (Å²) in [6.07, 6.45) is 3.41. The number of hydrogen-bond donors (Lipinski definition) is 1. The third-order valence-corrected chi connectivity index (χ3v) is 5.95. The Kier molecular flexibility index (Phi) is 4.84. The van der Waals surface area contributed by atoms with Crippen LogP contribution in [0.4, 0.5) is 0 Å². The van der Waals surface area contributed by atoms with Crippen molar-refractivity contribution in [1.82, 2.24) is 10.2 Å². The monoisotopic (exact) mass is 288 g/mol. The summed E-state index contributed by atoms with van der Waals surface area (Å²) in [7, 11) is -2.94. The maximum atomic E-state index is 12.3. The van der Waals surface area contributed by atoms with Gasteiger partial charge in [-0.05, 0) is 31.7 Å². The minimum absolute atomic E-state index is 0.100.